The van der Waals surface area contributed by atoms with Crippen molar-refractivity contribution in [2.45, 2.75) is 0 Å². The zero-order valence-corrected chi connectivity index (χ0v) is 20.5. The van der Waals surface area contributed by atoms with Crippen LogP contribution in [0.15, 0.2) is 132 Å². The number of rotatable bonds is 3. The highest BCUT2D eigenvalue weighted by atomic mass is 79.9. The molecule has 35 heavy (non-hydrogen) atoms. The average molecular weight is 513 g/mol. The fraction of sp³-hybridized carbons (Fsp3) is 0. The molecule has 0 saturated carbocycles. The quantitative estimate of drug-likeness (QED) is 0.223. The van der Waals surface area contributed by atoms with Crippen LogP contribution in [-0.4, -0.2) is 9.13 Å². The van der Waals surface area contributed by atoms with Gasteiger partial charge >= 0.3 is 0 Å². The third-order valence-electron chi connectivity index (χ3n) is 6.81. The van der Waals surface area contributed by atoms with Gasteiger partial charge in [0.2, 0.25) is 0 Å². The summed E-state index contributed by atoms with van der Waals surface area (Å²) in [5.74, 6) is 0. The van der Waals surface area contributed by atoms with Crippen LogP contribution in [0, 0.1) is 0 Å². The maximum Gasteiger partial charge on any atom is 0.0548 e. The average Bonchev–Trinajstić information content (AvgIpc) is 3.48. The van der Waals surface area contributed by atoms with E-state index in [0.717, 1.165) is 10.2 Å². The van der Waals surface area contributed by atoms with Crippen molar-refractivity contribution >= 4 is 48.6 Å². The first kappa shape index (κ1) is 20.3. The van der Waals surface area contributed by atoms with Crippen LogP contribution in [0.25, 0.3) is 55.2 Å². The topological polar surface area (TPSA) is 9.86 Å². The number of halogens is 1. The molecule has 5 aromatic carbocycles. The summed E-state index contributed by atoms with van der Waals surface area (Å²) in [6.07, 6.45) is 2.18. The lowest BCUT2D eigenvalue weighted by molar-refractivity contribution is 1.13. The minimum atomic E-state index is 1.08. The fourth-order valence-electron chi connectivity index (χ4n) is 5.25. The highest BCUT2D eigenvalue weighted by molar-refractivity contribution is 9.10. The predicted octanol–water partition coefficient (Wildman–Crippen LogP) is 9.16. The number of hydrogen-bond donors (Lipinski definition) is 0. The summed E-state index contributed by atoms with van der Waals surface area (Å²) in [5, 5.41) is 3.78. The van der Waals surface area contributed by atoms with Crippen LogP contribution >= 0.6 is 15.9 Å². The number of fused-ring (bicyclic) bond motifs is 5. The molecule has 2 heterocycles. The third kappa shape index (κ3) is 3.23. The van der Waals surface area contributed by atoms with Gasteiger partial charge < -0.3 is 9.13 Å². The molecule has 7 aromatic rings. The second-order valence-electron chi connectivity index (χ2n) is 8.83. The molecule has 0 atom stereocenters. The van der Waals surface area contributed by atoms with E-state index in [1.54, 1.807) is 0 Å². The molecule has 0 bridgehead atoms. The van der Waals surface area contributed by atoms with Gasteiger partial charge in [-0.3, -0.25) is 0 Å². The van der Waals surface area contributed by atoms with Gasteiger partial charge in [-0.05, 0) is 71.8 Å². The molecule has 0 aliphatic rings. The normalized spacial score (nSPS) is 11.6. The van der Waals surface area contributed by atoms with Crippen molar-refractivity contribution in [2.75, 3.05) is 0 Å². The zero-order chi connectivity index (χ0) is 23.4. The lowest BCUT2D eigenvalue weighted by Gasteiger charge is -2.11. The van der Waals surface area contributed by atoms with Crippen molar-refractivity contribution in [3.05, 3.63) is 132 Å². The third-order valence-corrected chi connectivity index (χ3v) is 7.30. The van der Waals surface area contributed by atoms with Crippen LogP contribution in [-0.2, 0) is 0 Å². The zero-order valence-electron chi connectivity index (χ0n) is 18.9. The summed E-state index contributed by atoms with van der Waals surface area (Å²) in [6.45, 7) is 0. The molecular formula is C32H21BrN2. The molecular weight excluding hydrogens is 492 g/mol. The van der Waals surface area contributed by atoms with E-state index in [9.17, 15) is 0 Å². The van der Waals surface area contributed by atoms with Crippen LogP contribution in [0.1, 0.15) is 0 Å². The molecule has 0 aliphatic carbocycles. The van der Waals surface area contributed by atoms with E-state index in [2.05, 4.69) is 153 Å². The van der Waals surface area contributed by atoms with E-state index in [0.29, 0.717) is 0 Å². The lowest BCUT2D eigenvalue weighted by atomic mass is 10.1. The van der Waals surface area contributed by atoms with E-state index < -0.39 is 0 Å². The largest absolute Gasteiger partial charge is 0.317 e. The molecule has 2 nitrogen and oxygen atoms in total. The molecule has 3 heteroatoms. The second-order valence-corrected chi connectivity index (χ2v) is 9.74. The second kappa shape index (κ2) is 8.00. The maximum atomic E-state index is 3.72. The van der Waals surface area contributed by atoms with Crippen LogP contribution in [0.5, 0.6) is 0 Å². The number of aromatic nitrogens is 2. The monoisotopic (exact) mass is 512 g/mol. The predicted molar refractivity (Wildman–Crippen MR) is 151 cm³/mol. The van der Waals surface area contributed by atoms with Crippen LogP contribution in [0.2, 0.25) is 0 Å². The number of para-hydroxylation sites is 1. The van der Waals surface area contributed by atoms with Crippen molar-refractivity contribution < 1.29 is 0 Å². The summed E-state index contributed by atoms with van der Waals surface area (Å²) < 4.78 is 5.75. The molecule has 0 saturated heterocycles. The van der Waals surface area contributed by atoms with Gasteiger partial charge in [-0.25, -0.2) is 0 Å². The molecule has 0 radical (unpaired) electrons. The van der Waals surface area contributed by atoms with E-state index >= 15 is 0 Å². The highest BCUT2D eigenvalue weighted by Crippen LogP contribution is 2.39. The Morgan fingerprint density at radius 1 is 0.486 bits per heavy atom. The molecule has 0 fully saturated rings. The van der Waals surface area contributed by atoms with Gasteiger partial charge in [0.1, 0.15) is 0 Å². The summed E-state index contributed by atoms with van der Waals surface area (Å²) in [5.41, 5.74) is 8.39. The molecule has 0 amide bonds. The standard InChI is InChI=1S/C32H21BrN2/c33-24-14-15-30-28(21-24)32-27-18-19-34(25-11-5-2-6-12-25)29(27)16-17-31(32)35(30)26-13-7-10-23(20-26)22-8-3-1-4-9-22/h1-21H. The Bertz CT molecular complexity index is 1840. The first-order valence-corrected chi connectivity index (χ1v) is 12.5. The van der Waals surface area contributed by atoms with Crippen molar-refractivity contribution in [1.29, 1.82) is 0 Å². The Balaban J connectivity index is 1.54. The molecule has 0 aliphatic heterocycles. The van der Waals surface area contributed by atoms with E-state index in [-0.39, 0.29) is 0 Å². The molecule has 0 unspecified atom stereocenters. The van der Waals surface area contributed by atoms with Crippen molar-refractivity contribution in [2.24, 2.45) is 0 Å². The van der Waals surface area contributed by atoms with Gasteiger partial charge in [-0.2, -0.15) is 0 Å². The Hall–Kier alpha value is -4.08. The van der Waals surface area contributed by atoms with E-state index in [1.807, 2.05) is 0 Å². The number of hydrogen-bond acceptors (Lipinski definition) is 0. The van der Waals surface area contributed by atoms with Crippen LogP contribution in [0.3, 0.4) is 0 Å². The minimum absolute atomic E-state index is 1.08. The van der Waals surface area contributed by atoms with Gasteiger partial charge in [-0.1, -0.05) is 76.6 Å². The summed E-state index contributed by atoms with van der Waals surface area (Å²) in [6, 6.07) is 43.3. The summed E-state index contributed by atoms with van der Waals surface area (Å²) in [4.78, 5) is 0. The van der Waals surface area contributed by atoms with E-state index in [1.165, 1.54) is 49.5 Å². The summed E-state index contributed by atoms with van der Waals surface area (Å²) >= 11 is 3.72. The SMILES string of the molecule is Brc1ccc2c(c1)c1c3ccn(-c4ccccc4)c3ccc1n2-c1cccc(-c2ccccc2)c1. The molecule has 0 N–H and O–H groups in total. The van der Waals surface area contributed by atoms with Gasteiger partial charge in [0.25, 0.3) is 0 Å². The van der Waals surface area contributed by atoms with E-state index in [4.69, 9.17) is 0 Å². The molecule has 166 valence electrons. The van der Waals surface area contributed by atoms with Crippen molar-refractivity contribution in [3.8, 4) is 22.5 Å². The van der Waals surface area contributed by atoms with Gasteiger partial charge in [-0.15, -0.1) is 0 Å². The lowest BCUT2D eigenvalue weighted by Crippen LogP contribution is -1.94. The Morgan fingerprint density at radius 3 is 2.00 bits per heavy atom. The summed E-state index contributed by atoms with van der Waals surface area (Å²) in [7, 11) is 0. The smallest absolute Gasteiger partial charge is 0.0548 e. The van der Waals surface area contributed by atoms with Crippen molar-refractivity contribution in [3.63, 3.8) is 0 Å². The van der Waals surface area contributed by atoms with Gasteiger partial charge in [0.15, 0.2) is 0 Å². The minimum Gasteiger partial charge on any atom is -0.317 e. The highest BCUT2D eigenvalue weighted by Gasteiger charge is 2.17. The number of benzene rings is 5. The fourth-order valence-corrected chi connectivity index (χ4v) is 5.62. The Labute approximate surface area is 211 Å². The molecule has 0 spiro atoms. The van der Waals surface area contributed by atoms with Crippen LogP contribution in [0.4, 0.5) is 0 Å². The maximum absolute atomic E-state index is 3.72. The number of nitrogens with zero attached hydrogens (tertiary/aromatic N) is 2. The van der Waals surface area contributed by atoms with Crippen molar-refractivity contribution in [1.82, 2.24) is 9.13 Å². The van der Waals surface area contributed by atoms with Gasteiger partial charge in [0.05, 0.1) is 16.6 Å². The van der Waals surface area contributed by atoms with Crippen LogP contribution < -0.4 is 0 Å². The molecule has 2 aromatic heterocycles. The Morgan fingerprint density at radius 2 is 1.17 bits per heavy atom. The Kier molecular flexibility index (Phi) is 4.64. The first-order valence-electron chi connectivity index (χ1n) is 11.7. The first-order chi connectivity index (χ1) is 17.3. The van der Waals surface area contributed by atoms with Gasteiger partial charge in [0, 0.05) is 38.2 Å². The molecule has 7 rings (SSSR count).